The molecule has 0 spiro atoms. The van der Waals surface area contributed by atoms with Crippen LogP contribution in [0.4, 0.5) is 0 Å². The van der Waals surface area contributed by atoms with Crippen molar-refractivity contribution < 1.29 is 28.5 Å². The monoisotopic (exact) mass is 246 g/mol. The van der Waals surface area contributed by atoms with Crippen molar-refractivity contribution in [2.75, 3.05) is 13.7 Å². The van der Waals surface area contributed by atoms with Crippen molar-refractivity contribution in [2.24, 2.45) is 0 Å². The van der Waals surface area contributed by atoms with Crippen LogP contribution in [0.15, 0.2) is 0 Å². The van der Waals surface area contributed by atoms with Crippen molar-refractivity contribution in [2.45, 2.75) is 45.2 Å². The predicted molar refractivity (Wildman–Crippen MR) is 57.3 cm³/mol. The summed E-state index contributed by atoms with van der Waals surface area (Å²) in [5.74, 6) is -0.868. The molecule has 1 fully saturated rings. The molecule has 0 unspecified atom stereocenters. The fourth-order valence-corrected chi connectivity index (χ4v) is 1.79. The van der Waals surface area contributed by atoms with Crippen LogP contribution in [0, 0.1) is 0 Å². The molecule has 4 atom stereocenters. The molecule has 98 valence electrons. The Kier molecular flexibility index (Phi) is 4.89. The van der Waals surface area contributed by atoms with Crippen LogP contribution in [0.3, 0.4) is 0 Å². The van der Waals surface area contributed by atoms with Gasteiger partial charge in [0.1, 0.15) is 6.10 Å². The molecule has 1 aliphatic heterocycles. The molecule has 0 saturated carbocycles. The first-order valence-electron chi connectivity index (χ1n) is 5.44. The summed E-state index contributed by atoms with van der Waals surface area (Å²) >= 11 is 0. The van der Waals surface area contributed by atoms with Crippen molar-refractivity contribution in [1.29, 1.82) is 0 Å². The smallest absolute Gasteiger partial charge is 0.303 e. The first-order valence-corrected chi connectivity index (χ1v) is 5.44. The van der Waals surface area contributed by atoms with E-state index in [1.165, 1.54) is 21.0 Å². The molecule has 6 nitrogen and oxygen atoms in total. The van der Waals surface area contributed by atoms with Crippen molar-refractivity contribution >= 4 is 11.9 Å². The second-order valence-corrected chi connectivity index (χ2v) is 3.96. The Bertz CT molecular complexity index is 290. The van der Waals surface area contributed by atoms with Crippen LogP contribution in [-0.2, 0) is 28.5 Å². The maximum absolute atomic E-state index is 11.0. The van der Waals surface area contributed by atoms with Crippen LogP contribution in [0.25, 0.3) is 0 Å². The lowest BCUT2D eigenvalue weighted by Crippen LogP contribution is -2.42. The molecule has 0 aromatic carbocycles. The highest BCUT2D eigenvalue weighted by atomic mass is 16.6. The highest BCUT2D eigenvalue weighted by Gasteiger charge is 2.44. The summed E-state index contributed by atoms with van der Waals surface area (Å²) < 4.78 is 20.8. The Morgan fingerprint density at radius 2 is 1.82 bits per heavy atom. The average Bonchev–Trinajstić information content (AvgIpc) is 2.59. The number of ether oxygens (including phenoxy) is 4. The van der Waals surface area contributed by atoms with Crippen LogP contribution >= 0.6 is 0 Å². The van der Waals surface area contributed by atoms with Crippen molar-refractivity contribution in [1.82, 2.24) is 0 Å². The van der Waals surface area contributed by atoms with Crippen molar-refractivity contribution in [3.8, 4) is 0 Å². The van der Waals surface area contributed by atoms with E-state index in [1.807, 2.05) is 0 Å². The van der Waals surface area contributed by atoms with Gasteiger partial charge in [-0.05, 0) is 6.92 Å². The summed E-state index contributed by atoms with van der Waals surface area (Å²) in [6.07, 6.45) is -1.86. The normalized spacial score (nSPS) is 29.8. The maximum Gasteiger partial charge on any atom is 0.303 e. The minimum absolute atomic E-state index is 0.204. The van der Waals surface area contributed by atoms with E-state index in [-0.39, 0.29) is 12.7 Å². The van der Waals surface area contributed by atoms with Gasteiger partial charge in [0.05, 0.1) is 12.7 Å². The standard InChI is InChI=1S/C11H18O6/c1-6(14-4)10-11(17-8(3)13)9(5-15-10)16-7(2)12/h6,9-11H,5H2,1-4H3/t6-,9+,10+,11-/m1/s1. The molecule has 1 saturated heterocycles. The molecule has 0 radical (unpaired) electrons. The van der Waals surface area contributed by atoms with E-state index in [0.717, 1.165) is 0 Å². The number of carbonyl (C=O) groups excluding carboxylic acids is 2. The van der Waals surface area contributed by atoms with Gasteiger partial charge in [-0.3, -0.25) is 9.59 Å². The van der Waals surface area contributed by atoms with Gasteiger partial charge in [-0.2, -0.15) is 0 Å². The Labute approximate surface area is 100 Å². The van der Waals surface area contributed by atoms with Crippen molar-refractivity contribution in [3.05, 3.63) is 0 Å². The Hall–Kier alpha value is -1.14. The van der Waals surface area contributed by atoms with Crippen LogP contribution in [0.5, 0.6) is 0 Å². The summed E-state index contributed by atoms with van der Waals surface area (Å²) in [5, 5.41) is 0. The number of hydrogen-bond acceptors (Lipinski definition) is 6. The maximum atomic E-state index is 11.0. The van der Waals surface area contributed by atoms with E-state index in [0.29, 0.717) is 0 Å². The first kappa shape index (κ1) is 13.9. The summed E-state index contributed by atoms with van der Waals surface area (Å²) in [6, 6.07) is 0. The van der Waals surface area contributed by atoms with Gasteiger partial charge in [0.2, 0.25) is 0 Å². The molecule has 1 heterocycles. The van der Waals surface area contributed by atoms with Gasteiger partial charge in [0.15, 0.2) is 12.2 Å². The third-order valence-corrected chi connectivity index (χ3v) is 2.60. The van der Waals surface area contributed by atoms with Gasteiger partial charge < -0.3 is 18.9 Å². The summed E-state index contributed by atoms with van der Waals surface area (Å²) in [4.78, 5) is 22.0. The lowest BCUT2D eigenvalue weighted by atomic mass is 10.1. The van der Waals surface area contributed by atoms with Gasteiger partial charge in [0.25, 0.3) is 0 Å². The van der Waals surface area contributed by atoms with E-state index in [1.54, 1.807) is 6.92 Å². The zero-order valence-electron chi connectivity index (χ0n) is 10.5. The van der Waals surface area contributed by atoms with E-state index in [4.69, 9.17) is 18.9 Å². The van der Waals surface area contributed by atoms with Crippen LogP contribution in [0.1, 0.15) is 20.8 Å². The van der Waals surface area contributed by atoms with Gasteiger partial charge in [-0.15, -0.1) is 0 Å². The Morgan fingerprint density at radius 3 is 2.29 bits per heavy atom. The second kappa shape index (κ2) is 5.97. The SMILES string of the molecule is CO[C@H](C)[C@@H]1OC[C@H](OC(C)=O)[C@H]1OC(C)=O. The zero-order valence-corrected chi connectivity index (χ0v) is 10.5. The lowest BCUT2D eigenvalue weighted by molar-refractivity contribution is -0.165. The molecule has 0 aromatic heterocycles. The number of rotatable bonds is 4. The van der Waals surface area contributed by atoms with Gasteiger partial charge in [0, 0.05) is 21.0 Å². The van der Waals surface area contributed by atoms with E-state index < -0.39 is 30.3 Å². The minimum atomic E-state index is -0.619. The molecule has 0 bridgehead atoms. The van der Waals surface area contributed by atoms with Crippen LogP contribution < -0.4 is 0 Å². The minimum Gasteiger partial charge on any atom is -0.456 e. The topological polar surface area (TPSA) is 71.1 Å². The number of carbonyl (C=O) groups is 2. The van der Waals surface area contributed by atoms with Crippen molar-refractivity contribution in [3.63, 3.8) is 0 Å². The zero-order chi connectivity index (χ0) is 13.0. The van der Waals surface area contributed by atoms with Crippen LogP contribution in [-0.4, -0.2) is 50.1 Å². The number of methoxy groups -OCH3 is 1. The van der Waals surface area contributed by atoms with E-state index >= 15 is 0 Å². The Morgan fingerprint density at radius 1 is 1.24 bits per heavy atom. The average molecular weight is 246 g/mol. The van der Waals surface area contributed by atoms with Gasteiger partial charge >= 0.3 is 11.9 Å². The lowest BCUT2D eigenvalue weighted by Gasteiger charge is -2.25. The first-order chi connectivity index (χ1) is 7.95. The Balaban J connectivity index is 2.73. The summed E-state index contributed by atoms with van der Waals surface area (Å²) in [6.45, 7) is 4.61. The molecule has 17 heavy (non-hydrogen) atoms. The molecule has 0 aromatic rings. The van der Waals surface area contributed by atoms with Gasteiger partial charge in [-0.25, -0.2) is 0 Å². The molecular formula is C11H18O6. The second-order valence-electron chi connectivity index (χ2n) is 3.96. The molecule has 1 rings (SSSR count). The molecule has 6 heteroatoms. The van der Waals surface area contributed by atoms with E-state index in [2.05, 4.69) is 0 Å². The molecule has 0 N–H and O–H groups in total. The fourth-order valence-electron chi connectivity index (χ4n) is 1.79. The molecular weight excluding hydrogens is 228 g/mol. The van der Waals surface area contributed by atoms with Gasteiger partial charge in [-0.1, -0.05) is 0 Å². The number of esters is 2. The molecule has 0 aliphatic carbocycles. The predicted octanol–water partition coefficient (Wildman–Crippen LogP) is 0.283. The molecule has 1 aliphatic rings. The fraction of sp³-hybridized carbons (Fsp3) is 0.818. The molecule has 0 amide bonds. The third-order valence-electron chi connectivity index (χ3n) is 2.60. The van der Waals surface area contributed by atoms with Crippen LogP contribution in [0.2, 0.25) is 0 Å². The van der Waals surface area contributed by atoms with E-state index in [9.17, 15) is 9.59 Å². The highest BCUT2D eigenvalue weighted by Crippen LogP contribution is 2.24. The quantitative estimate of drug-likeness (QED) is 0.664. The number of hydrogen-bond donors (Lipinski definition) is 0. The third kappa shape index (κ3) is 3.67. The highest BCUT2D eigenvalue weighted by molar-refractivity contribution is 5.67. The summed E-state index contributed by atoms with van der Waals surface area (Å²) in [7, 11) is 1.54. The summed E-state index contributed by atoms with van der Waals surface area (Å²) in [5.41, 5.74) is 0. The largest absolute Gasteiger partial charge is 0.456 e.